The zero-order valence-electron chi connectivity index (χ0n) is 11.4. The maximum atomic E-state index is 5.60. The Morgan fingerprint density at radius 1 is 1.37 bits per heavy atom. The van der Waals surface area contributed by atoms with Crippen molar-refractivity contribution < 1.29 is 4.42 Å². The molecule has 1 aliphatic rings. The maximum absolute atomic E-state index is 5.60. The molecule has 1 aromatic heterocycles. The van der Waals surface area contributed by atoms with Gasteiger partial charge in [0.15, 0.2) is 0 Å². The molecule has 0 aliphatic carbocycles. The lowest BCUT2D eigenvalue weighted by Gasteiger charge is -2.25. The topological polar surface area (TPSA) is 55.3 Å². The second-order valence-electron chi connectivity index (χ2n) is 5.31. The third-order valence-electron chi connectivity index (χ3n) is 3.72. The fourth-order valence-corrected chi connectivity index (χ4v) is 2.62. The van der Waals surface area contributed by atoms with Gasteiger partial charge in [-0.2, -0.15) is 4.98 Å². The van der Waals surface area contributed by atoms with Crippen LogP contribution in [0.3, 0.4) is 0 Å². The van der Waals surface area contributed by atoms with Crippen molar-refractivity contribution in [3.05, 3.63) is 46.3 Å². The van der Waals surface area contributed by atoms with Crippen molar-refractivity contribution in [2.45, 2.75) is 33.4 Å². The molecule has 0 spiro atoms. The van der Waals surface area contributed by atoms with Crippen LogP contribution in [0.25, 0.3) is 0 Å². The summed E-state index contributed by atoms with van der Waals surface area (Å²) in [6, 6.07) is 6.90. The summed E-state index contributed by atoms with van der Waals surface area (Å²) in [6.45, 7) is 7.08. The third-order valence-corrected chi connectivity index (χ3v) is 3.72. The molecular formula is C15H19N3O. The molecule has 2 aromatic rings. The lowest BCUT2D eigenvalue weighted by molar-refractivity contribution is 0.232. The van der Waals surface area contributed by atoms with E-state index in [1.807, 2.05) is 0 Å². The number of fused-ring (bicyclic) bond motifs is 1. The van der Waals surface area contributed by atoms with Crippen LogP contribution < -0.4 is 5.73 Å². The zero-order valence-corrected chi connectivity index (χ0v) is 11.4. The molecule has 1 aliphatic heterocycles. The Balaban J connectivity index is 1.77. The quantitative estimate of drug-likeness (QED) is 0.897. The van der Waals surface area contributed by atoms with E-state index in [2.05, 4.69) is 41.9 Å². The maximum Gasteiger partial charge on any atom is 0.292 e. The van der Waals surface area contributed by atoms with E-state index in [4.69, 9.17) is 10.2 Å². The summed E-state index contributed by atoms with van der Waals surface area (Å²) in [5.74, 6) is 0.953. The van der Waals surface area contributed by atoms with Crippen LogP contribution >= 0.6 is 0 Å². The predicted molar refractivity (Wildman–Crippen MR) is 74.6 cm³/mol. The van der Waals surface area contributed by atoms with Gasteiger partial charge < -0.3 is 10.2 Å². The van der Waals surface area contributed by atoms with E-state index in [-0.39, 0.29) is 0 Å². The van der Waals surface area contributed by atoms with Gasteiger partial charge in [0, 0.05) is 26.1 Å². The summed E-state index contributed by atoms with van der Waals surface area (Å²) in [5, 5.41) is 0. The van der Waals surface area contributed by atoms with Crippen LogP contribution in [0.4, 0.5) is 6.01 Å². The molecule has 3 rings (SSSR count). The molecule has 4 nitrogen and oxygen atoms in total. The summed E-state index contributed by atoms with van der Waals surface area (Å²) in [6.07, 6.45) is 0.893. The van der Waals surface area contributed by atoms with Gasteiger partial charge in [-0.25, -0.2) is 0 Å². The molecular weight excluding hydrogens is 238 g/mol. The van der Waals surface area contributed by atoms with Crippen LogP contribution in [0.15, 0.2) is 22.6 Å². The number of hydrogen-bond donors (Lipinski definition) is 1. The molecule has 100 valence electrons. The summed E-state index contributed by atoms with van der Waals surface area (Å²) in [4.78, 5) is 6.65. The van der Waals surface area contributed by atoms with Gasteiger partial charge in [0.05, 0.1) is 5.69 Å². The second kappa shape index (κ2) is 4.70. The lowest BCUT2D eigenvalue weighted by Crippen LogP contribution is -2.30. The number of aromatic nitrogens is 1. The summed E-state index contributed by atoms with van der Waals surface area (Å²) < 4.78 is 5.39. The van der Waals surface area contributed by atoms with Gasteiger partial charge in [0.1, 0.15) is 5.76 Å². The standard InChI is InChI=1S/C15H19N3O/c1-10-3-4-11(2)12(7-10)8-18-6-5-14-13(9-18)17-15(16)19-14/h3-4,7H,5-6,8-9H2,1-2H3,(H2,16,17). The first kappa shape index (κ1) is 12.2. The molecule has 19 heavy (non-hydrogen) atoms. The smallest absolute Gasteiger partial charge is 0.292 e. The number of anilines is 1. The van der Waals surface area contributed by atoms with Gasteiger partial charge in [-0.15, -0.1) is 0 Å². The van der Waals surface area contributed by atoms with E-state index in [0.717, 1.165) is 37.5 Å². The van der Waals surface area contributed by atoms with Crippen molar-refractivity contribution in [1.29, 1.82) is 0 Å². The molecule has 0 amide bonds. The van der Waals surface area contributed by atoms with Crippen LogP contribution in [0.5, 0.6) is 0 Å². The number of nitrogens with two attached hydrogens (primary N) is 1. The molecule has 0 bridgehead atoms. The van der Waals surface area contributed by atoms with Crippen molar-refractivity contribution in [2.24, 2.45) is 0 Å². The van der Waals surface area contributed by atoms with E-state index in [1.54, 1.807) is 0 Å². The van der Waals surface area contributed by atoms with Crippen molar-refractivity contribution in [1.82, 2.24) is 9.88 Å². The van der Waals surface area contributed by atoms with Gasteiger partial charge >= 0.3 is 0 Å². The van der Waals surface area contributed by atoms with Gasteiger partial charge in [-0.3, -0.25) is 4.90 Å². The molecule has 0 fully saturated rings. The minimum absolute atomic E-state index is 0.290. The minimum atomic E-state index is 0.290. The summed E-state index contributed by atoms with van der Waals surface area (Å²) in [7, 11) is 0. The Bertz CT molecular complexity index is 603. The Hall–Kier alpha value is -1.81. The number of oxazole rings is 1. The largest absolute Gasteiger partial charge is 0.429 e. The average molecular weight is 257 g/mol. The Morgan fingerprint density at radius 2 is 2.21 bits per heavy atom. The second-order valence-corrected chi connectivity index (χ2v) is 5.31. The molecule has 2 heterocycles. The zero-order chi connectivity index (χ0) is 13.4. The van der Waals surface area contributed by atoms with Crippen LogP contribution in [-0.4, -0.2) is 16.4 Å². The van der Waals surface area contributed by atoms with E-state index < -0.39 is 0 Å². The first-order chi connectivity index (χ1) is 9.11. The van der Waals surface area contributed by atoms with Gasteiger partial charge in [-0.05, 0) is 25.0 Å². The number of aryl methyl sites for hydroxylation is 2. The van der Waals surface area contributed by atoms with Crippen molar-refractivity contribution in [2.75, 3.05) is 12.3 Å². The van der Waals surface area contributed by atoms with E-state index in [0.29, 0.717) is 6.01 Å². The highest BCUT2D eigenvalue weighted by atomic mass is 16.4. The Kier molecular flexibility index (Phi) is 3.03. The highest BCUT2D eigenvalue weighted by Gasteiger charge is 2.21. The number of benzene rings is 1. The van der Waals surface area contributed by atoms with Crippen molar-refractivity contribution >= 4 is 6.01 Å². The minimum Gasteiger partial charge on any atom is -0.429 e. The fraction of sp³-hybridized carbons (Fsp3) is 0.400. The van der Waals surface area contributed by atoms with E-state index in [1.165, 1.54) is 16.7 Å². The molecule has 0 saturated carbocycles. The number of nitrogen functional groups attached to an aromatic ring is 1. The highest BCUT2D eigenvalue weighted by Crippen LogP contribution is 2.23. The van der Waals surface area contributed by atoms with E-state index >= 15 is 0 Å². The molecule has 2 N–H and O–H groups in total. The fourth-order valence-electron chi connectivity index (χ4n) is 2.62. The Morgan fingerprint density at radius 3 is 3.05 bits per heavy atom. The van der Waals surface area contributed by atoms with Gasteiger partial charge in [-0.1, -0.05) is 23.8 Å². The van der Waals surface area contributed by atoms with Crippen LogP contribution in [0, 0.1) is 13.8 Å². The predicted octanol–water partition coefficient (Wildman–Crippen LogP) is 2.43. The molecule has 1 aromatic carbocycles. The first-order valence-corrected chi connectivity index (χ1v) is 6.64. The number of hydrogen-bond acceptors (Lipinski definition) is 4. The molecule has 0 radical (unpaired) electrons. The van der Waals surface area contributed by atoms with Crippen LogP contribution in [-0.2, 0) is 19.5 Å². The van der Waals surface area contributed by atoms with Gasteiger partial charge in [0.25, 0.3) is 6.01 Å². The monoisotopic (exact) mass is 257 g/mol. The summed E-state index contributed by atoms with van der Waals surface area (Å²) in [5.41, 5.74) is 10.6. The molecule has 0 atom stereocenters. The third kappa shape index (κ3) is 2.49. The lowest BCUT2D eigenvalue weighted by atomic mass is 10.0. The summed E-state index contributed by atoms with van der Waals surface area (Å²) >= 11 is 0. The van der Waals surface area contributed by atoms with Gasteiger partial charge in [0.2, 0.25) is 0 Å². The van der Waals surface area contributed by atoms with E-state index in [9.17, 15) is 0 Å². The number of nitrogens with zero attached hydrogens (tertiary/aromatic N) is 2. The SMILES string of the molecule is Cc1ccc(C)c(CN2CCc3oc(N)nc3C2)c1. The molecule has 0 saturated heterocycles. The molecule has 4 heteroatoms. The average Bonchev–Trinajstić information content (AvgIpc) is 2.73. The Labute approximate surface area is 113 Å². The van der Waals surface area contributed by atoms with Crippen LogP contribution in [0.2, 0.25) is 0 Å². The van der Waals surface area contributed by atoms with Crippen molar-refractivity contribution in [3.8, 4) is 0 Å². The highest BCUT2D eigenvalue weighted by molar-refractivity contribution is 5.31. The molecule has 0 unspecified atom stereocenters. The van der Waals surface area contributed by atoms with Crippen LogP contribution in [0.1, 0.15) is 28.1 Å². The first-order valence-electron chi connectivity index (χ1n) is 6.64. The number of rotatable bonds is 2. The normalized spacial score (nSPS) is 15.5. The van der Waals surface area contributed by atoms with Crippen molar-refractivity contribution in [3.63, 3.8) is 0 Å².